The predicted molar refractivity (Wildman–Crippen MR) is 72.6 cm³/mol. The Morgan fingerprint density at radius 3 is 2.76 bits per heavy atom. The molecule has 0 radical (unpaired) electrons. The van der Waals surface area contributed by atoms with E-state index in [-0.39, 0.29) is 0 Å². The Hall–Kier alpha value is -0.690. The van der Waals surface area contributed by atoms with Crippen LogP contribution in [0.1, 0.15) is 24.7 Å². The smallest absolute Gasteiger partial charge is 0.208 e. The summed E-state index contributed by atoms with van der Waals surface area (Å²) in [6, 6.07) is 3.72. The molecule has 2 aromatic rings. The van der Waals surface area contributed by atoms with E-state index in [1.807, 2.05) is 13.0 Å². The summed E-state index contributed by atoms with van der Waals surface area (Å²) in [5.41, 5.74) is 1.32. The van der Waals surface area contributed by atoms with E-state index in [2.05, 4.69) is 15.9 Å². The first-order valence-electron chi connectivity index (χ1n) is 5.09. The molecule has 0 amide bonds. The molecule has 88 valence electrons. The maximum Gasteiger partial charge on any atom is 0.208 e. The Kier molecular flexibility index (Phi) is 3.67. The molecule has 0 unspecified atom stereocenters. The fourth-order valence-corrected chi connectivity index (χ4v) is 2.86. The monoisotopic (exact) mass is 331 g/mol. The SMILES string of the molecule is CCCc1c(C#N)oc2c(Cl)cc(Br)c(Cl)c12. The first-order valence-corrected chi connectivity index (χ1v) is 6.64. The lowest BCUT2D eigenvalue weighted by molar-refractivity contribution is 0.593. The number of fused-ring (bicyclic) bond motifs is 1. The van der Waals surface area contributed by atoms with Gasteiger partial charge in [-0.15, -0.1) is 0 Å². The molecule has 0 bridgehead atoms. The van der Waals surface area contributed by atoms with E-state index >= 15 is 0 Å². The standard InChI is InChI=1S/C12H8BrCl2NO/c1-2-3-6-9(5-16)17-12-8(14)4-7(13)11(15)10(6)12/h4H,2-3H2,1H3. The molecule has 0 spiro atoms. The zero-order chi connectivity index (χ0) is 12.6. The van der Waals surface area contributed by atoms with Gasteiger partial charge < -0.3 is 4.42 Å². The van der Waals surface area contributed by atoms with Crippen molar-refractivity contribution in [1.29, 1.82) is 5.26 Å². The Morgan fingerprint density at radius 1 is 1.47 bits per heavy atom. The lowest BCUT2D eigenvalue weighted by atomic mass is 10.1. The summed E-state index contributed by atoms with van der Waals surface area (Å²) in [5, 5.41) is 10.8. The van der Waals surface area contributed by atoms with Gasteiger partial charge in [0.1, 0.15) is 6.07 Å². The summed E-state index contributed by atoms with van der Waals surface area (Å²) < 4.78 is 6.18. The van der Waals surface area contributed by atoms with Crippen LogP contribution in [0.25, 0.3) is 11.0 Å². The van der Waals surface area contributed by atoms with Gasteiger partial charge in [0.05, 0.1) is 10.0 Å². The highest BCUT2D eigenvalue weighted by Gasteiger charge is 2.20. The van der Waals surface area contributed by atoms with Gasteiger partial charge in [-0.1, -0.05) is 36.5 Å². The van der Waals surface area contributed by atoms with Crippen LogP contribution in [0.15, 0.2) is 15.0 Å². The molecule has 0 aliphatic rings. The second-order valence-corrected chi connectivity index (χ2v) is 5.27. The van der Waals surface area contributed by atoms with Crippen molar-refractivity contribution in [3.63, 3.8) is 0 Å². The van der Waals surface area contributed by atoms with E-state index in [9.17, 15) is 0 Å². The van der Waals surface area contributed by atoms with Gasteiger partial charge in [-0.3, -0.25) is 0 Å². The molecule has 0 N–H and O–H groups in total. The van der Waals surface area contributed by atoms with Crippen molar-refractivity contribution in [3.8, 4) is 6.07 Å². The number of aryl methyl sites for hydroxylation is 1. The molecule has 0 saturated carbocycles. The third-order valence-corrected chi connectivity index (χ3v) is 4.04. The Bertz CT molecular complexity index is 628. The van der Waals surface area contributed by atoms with Crippen LogP contribution in [0.5, 0.6) is 0 Å². The number of nitrogens with zero attached hydrogens (tertiary/aromatic N) is 1. The van der Waals surface area contributed by atoms with Gasteiger partial charge in [-0.2, -0.15) is 5.26 Å². The van der Waals surface area contributed by atoms with Crippen LogP contribution >= 0.6 is 39.1 Å². The minimum atomic E-state index is 0.295. The van der Waals surface area contributed by atoms with Gasteiger partial charge >= 0.3 is 0 Å². The third kappa shape index (κ3) is 2.06. The Morgan fingerprint density at radius 2 is 2.18 bits per heavy atom. The number of hydrogen-bond acceptors (Lipinski definition) is 2. The Balaban J connectivity index is 2.90. The van der Waals surface area contributed by atoms with Gasteiger partial charge in [0.15, 0.2) is 5.58 Å². The second kappa shape index (κ2) is 4.89. The highest BCUT2D eigenvalue weighted by molar-refractivity contribution is 9.10. The summed E-state index contributed by atoms with van der Waals surface area (Å²) >= 11 is 15.7. The minimum absolute atomic E-state index is 0.295. The molecule has 1 heterocycles. The fraction of sp³-hybridized carbons (Fsp3) is 0.250. The van der Waals surface area contributed by atoms with Crippen molar-refractivity contribution < 1.29 is 4.42 Å². The predicted octanol–water partition coefficient (Wildman–Crippen LogP) is 5.33. The number of halogens is 3. The fourth-order valence-electron chi connectivity index (χ4n) is 1.80. The highest BCUT2D eigenvalue weighted by Crippen LogP contribution is 2.41. The summed E-state index contributed by atoms with van der Waals surface area (Å²) in [6.07, 6.45) is 1.65. The lowest BCUT2D eigenvalue weighted by Crippen LogP contribution is -1.85. The molecule has 2 nitrogen and oxygen atoms in total. The number of furan rings is 1. The van der Waals surface area contributed by atoms with Crippen LogP contribution in [0.2, 0.25) is 10.0 Å². The zero-order valence-electron chi connectivity index (χ0n) is 8.98. The van der Waals surface area contributed by atoms with Crippen molar-refractivity contribution in [2.24, 2.45) is 0 Å². The third-order valence-electron chi connectivity index (χ3n) is 2.51. The van der Waals surface area contributed by atoms with Crippen molar-refractivity contribution in [3.05, 3.63) is 31.9 Å². The largest absolute Gasteiger partial charge is 0.444 e. The van der Waals surface area contributed by atoms with Gasteiger partial charge in [-0.05, 0) is 28.4 Å². The van der Waals surface area contributed by atoms with Gasteiger partial charge in [0, 0.05) is 15.4 Å². The van der Waals surface area contributed by atoms with E-state index in [1.54, 1.807) is 6.07 Å². The topological polar surface area (TPSA) is 36.9 Å². The summed E-state index contributed by atoms with van der Waals surface area (Å²) in [6.45, 7) is 2.04. The van der Waals surface area contributed by atoms with Crippen molar-refractivity contribution in [2.75, 3.05) is 0 Å². The van der Waals surface area contributed by atoms with Gasteiger partial charge in [0.2, 0.25) is 5.76 Å². The first-order chi connectivity index (χ1) is 8.10. The van der Waals surface area contributed by atoms with E-state index in [4.69, 9.17) is 32.9 Å². The average molecular weight is 333 g/mol. The normalized spacial score (nSPS) is 10.8. The number of rotatable bonds is 2. The molecule has 17 heavy (non-hydrogen) atoms. The van der Waals surface area contributed by atoms with Crippen LogP contribution in [0.4, 0.5) is 0 Å². The quantitative estimate of drug-likeness (QED) is 0.697. The van der Waals surface area contributed by atoms with Gasteiger partial charge in [-0.25, -0.2) is 0 Å². The lowest BCUT2D eigenvalue weighted by Gasteiger charge is -2.01. The summed E-state index contributed by atoms with van der Waals surface area (Å²) in [4.78, 5) is 0. The number of nitriles is 1. The first kappa shape index (κ1) is 12.8. The molecule has 1 aromatic carbocycles. The van der Waals surface area contributed by atoms with Gasteiger partial charge in [0.25, 0.3) is 0 Å². The molecule has 2 rings (SSSR count). The van der Waals surface area contributed by atoms with Crippen LogP contribution in [-0.2, 0) is 6.42 Å². The average Bonchev–Trinajstić information content (AvgIpc) is 2.66. The number of benzene rings is 1. The zero-order valence-corrected chi connectivity index (χ0v) is 12.1. The van der Waals surface area contributed by atoms with Crippen LogP contribution in [0, 0.1) is 11.3 Å². The van der Waals surface area contributed by atoms with Crippen LogP contribution in [0.3, 0.4) is 0 Å². The molecule has 0 atom stereocenters. The molecule has 0 fully saturated rings. The molecule has 0 aliphatic carbocycles. The highest BCUT2D eigenvalue weighted by atomic mass is 79.9. The number of hydrogen-bond donors (Lipinski definition) is 0. The second-order valence-electron chi connectivity index (χ2n) is 3.63. The van der Waals surface area contributed by atoms with Crippen LogP contribution < -0.4 is 0 Å². The molecule has 1 aromatic heterocycles. The Labute approximate surface area is 117 Å². The maximum atomic E-state index is 9.06. The van der Waals surface area contributed by atoms with E-state index in [0.717, 1.165) is 23.8 Å². The molecule has 0 saturated heterocycles. The van der Waals surface area contributed by atoms with E-state index < -0.39 is 0 Å². The molecule has 0 aliphatic heterocycles. The molecular formula is C12H8BrCl2NO. The molecular weight excluding hydrogens is 325 g/mol. The van der Waals surface area contributed by atoms with E-state index in [0.29, 0.717) is 25.9 Å². The summed E-state index contributed by atoms with van der Waals surface area (Å²) in [7, 11) is 0. The van der Waals surface area contributed by atoms with Crippen molar-refractivity contribution in [2.45, 2.75) is 19.8 Å². The van der Waals surface area contributed by atoms with Crippen molar-refractivity contribution >= 4 is 50.1 Å². The maximum absolute atomic E-state index is 9.06. The molecule has 5 heteroatoms. The van der Waals surface area contributed by atoms with Crippen LogP contribution in [-0.4, -0.2) is 0 Å². The minimum Gasteiger partial charge on any atom is -0.444 e. The van der Waals surface area contributed by atoms with E-state index in [1.165, 1.54) is 0 Å². The van der Waals surface area contributed by atoms with Crippen molar-refractivity contribution in [1.82, 2.24) is 0 Å². The summed E-state index contributed by atoms with van der Waals surface area (Å²) in [5.74, 6) is 0.295.